The lowest BCUT2D eigenvalue weighted by molar-refractivity contribution is 0.248. The fourth-order valence-corrected chi connectivity index (χ4v) is 1.53. The fraction of sp³-hybridized carbons (Fsp3) is 0.167. The van der Waals surface area contributed by atoms with Gasteiger partial charge in [-0.15, -0.1) is 0 Å². The van der Waals surface area contributed by atoms with E-state index in [4.69, 9.17) is 20.0 Å². The topological polar surface area (TPSA) is 68.6 Å². The summed E-state index contributed by atoms with van der Waals surface area (Å²) >= 11 is 0. The van der Waals surface area contributed by atoms with Gasteiger partial charge < -0.3 is 20.0 Å². The Morgan fingerprint density at radius 3 is 2.75 bits per heavy atom. The van der Waals surface area contributed by atoms with Crippen LogP contribution < -0.4 is 10.5 Å². The van der Waals surface area contributed by atoms with Crippen LogP contribution in [0.3, 0.4) is 0 Å². The van der Waals surface area contributed by atoms with E-state index in [2.05, 4.69) is 0 Å². The highest BCUT2D eigenvalue weighted by atomic mass is 16.5. The summed E-state index contributed by atoms with van der Waals surface area (Å²) < 4.78 is 10.7. The zero-order chi connectivity index (χ0) is 11.5. The summed E-state index contributed by atoms with van der Waals surface area (Å²) in [5.74, 6) is 1.83. The van der Waals surface area contributed by atoms with Crippen molar-refractivity contribution in [3.8, 4) is 17.1 Å². The molecule has 4 heteroatoms. The first-order valence-corrected chi connectivity index (χ1v) is 4.88. The smallest absolute Gasteiger partial charge is 0.138 e. The molecule has 0 fully saturated rings. The van der Waals surface area contributed by atoms with Gasteiger partial charge in [0.15, 0.2) is 0 Å². The fourth-order valence-electron chi connectivity index (χ4n) is 1.53. The van der Waals surface area contributed by atoms with Gasteiger partial charge in [0.05, 0.1) is 12.7 Å². The maximum atomic E-state index is 8.93. The average molecular weight is 219 g/mol. The molecule has 0 bridgehead atoms. The van der Waals surface area contributed by atoms with Gasteiger partial charge in [-0.25, -0.2) is 0 Å². The monoisotopic (exact) mass is 219 g/mol. The van der Waals surface area contributed by atoms with Crippen molar-refractivity contribution in [3.05, 3.63) is 36.1 Å². The van der Waals surface area contributed by atoms with Gasteiger partial charge in [0.25, 0.3) is 0 Å². The molecule has 0 aliphatic carbocycles. The molecular weight excluding hydrogens is 206 g/mol. The number of benzene rings is 1. The number of rotatable bonds is 3. The lowest BCUT2D eigenvalue weighted by Gasteiger charge is -2.06. The van der Waals surface area contributed by atoms with Crippen LogP contribution in [0.25, 0.3) is 11.3 Å². The van der Waals surface area contributed by atoms with Crippen LogP contribution in [0.5, 0.6) is 5.75 Å². The highest BCUT2D eigenvalue weighted by molar-refractivity contribution is 5.70. The van der Waals surface area contributed by atoms with Crippen molar-refractivity contribution in [1.82, 2.24) is 0 Å². The summed E-state index contributed by atoms with van der Waals surface area (Å²) in [4.78, 5) is 0. The van der Waals surface area contributed by atoms with Crippen molar-refractivity contribution in [3.63, 3.8) is 0 Å². The third kappa shape index (κ3) is 1.87. The number of aliphatic hydroxyl groups excluding tert-OH is 1. The average Bonchev–Trinajstić information content (AvgIpc) is 2.77. The molecule has 0 saturated carbocycles. The molecule has 3 N–H and O–H groups in total. The molecule has 0 atom stereocenters. The Bertz CT molecular complexity index is 491. The molecule has 1 aromatic carbocycles. The van der Waals surface area contributed by atoms with Crippen molar-refractivity contribution >= 4 is 5.69 Å². The van der Waals surface area contributed by atoms with Gasteiger partial charge in [0.2, 0.25) is 0 Å². The number of aliphatic hydroxyl groups is 1. The zero-order valence-corrected chi connectivity index (χ0v) is 8.93. The molecule has 0 aliphatic rings. The summed E-state index contributed by atoms with van der Waals surface area (Å²) in [6.07, 6.45) is 0. The van der Waals surface area contributed by atoms with E-state index in [0.717, 1.165) is 5.56 Å². The van der Waals surface area contributed by atoms with Gasteiger partial charge >= 0.3 is 0 Å². The van der Waals surface area contributed by atoms with E-state index in [1.54, 1.807) is 37.4 Å². The van der Waals surface area contributed by atoms with E-state index in [9.17, 15) is 0 Å². The van der Waals surface area contributed by atoms with Crippen LogP contribution in [0.4, 0.5) is 5.69 Å². The molecular formula is C12H13NO3. The number of methoxy groups -OCH3 is 1. The predicted octanol–water partition coefficient (Wildman–Crippen LogP) is 2.03. The molecule has 2 rings (SSSR count). The van der Waals surface area contributed by atoms with E-state index in [0.29, 0.717) is 23.0 Å². The highest BCUT2D eigenvalue weighted by Gasteiger charge is 2.10. The zero-order valence-electron chi connectivity index (χ0n) is 8.93. The molecule has 84 valence electrons. The van der Waals surface area contributed by atoms with Crippen molar-refractivity contribution in [2.75, 3.05) is 12.8 Å². The standard InChI is InChI=1S/C12H13NO3/c1-15-11-4-2-8(13)6-10(11)12-5-3-9(7-14)16-12/h2-6,14H,7,13H2,1H3. The van der Waals surface area contributed by atoms with Crippen LogP contribution in [0.15, 0.2) is 34.7 Å². The first-order chi connectivity index (χ1) is 7.74. The number of ether oxygens (including phenoxy) is 1. The number of furan rings is 1. The van der Waals surface area contributed by atoms with Gasteiger partial charge in [0.1, 0.15) is 23.9 Å². The van der Waals surface area contributed by atoms with E-state index >= 15 is 0 Å². The third-order valence-electron chi connectivity index (χ3n) is 2.31. The Kier molecular flexibility index (Phi) is 2.83. The lowest BCUT2D eigenvalue weighted by atomic mass is 10.1. The predicted molar refractivity (Wildman–Crippen MR) is 61.0 cm³/mol. The first kappa shape index (κ1) is 10.6. The summed E-state index contributed by atoms with van der Waals surface area (Å²) in [6, 6.07) is 8.82. The Hall–Kier alpha value is -1.94. The number of anilines is 1. The second kappa shape index (κ2) is 4.28. The van der Waals surface area contributed by atoms with Gasteiger partial charge in [0, 0.05) is 5.69 Å². The Labute approximate surface area is 93.3 Å². The van der Waals surface area contributed by atoms with Crippen LogP contribution in [-0.2, 0) is 6.61 Å². The van der Waals surface area contributed by atoms with E-state index in [1.807, 2.05) is 0 Å². The first-order valence-electron chi connectivity index (χ1n) is 4.88. The second-order valence-electron chi connectivity index (χ2n) is 3.38. The minimum absolute atomic E-state index is 0.120. The van der Waals surface area contributed by atoms with Crippen LogP contribution in [0, 0.1) is 0 Å². The molecule has 0 saturated heterocycles. The van der Waals surface area contributed by atoms with Crippen molar-refractivity contribution in [2.45, 2.75) is 6.61 Å². The summed E-state index contributed by atoms with van der Waals surface area (Å²) in [5.41, 5.74) is 7.13. The van der Waals surface area contributed by atoms with Gasteiger partial charge in [-0.1, -0.05) is 0 Å². The maximum absolute atomic E-state index is 8.93. The number of nitrogens with two attached hydrogens (primary N) is 1. The Morgan fingerprint density at radius 2 is 2.12 bits per heavy atom. The van der Waals surface area contributed by atoms with Crippen molar-refractivity contribution in [1.29, 1.82) is 0 Å². The maximum Gasteiger partial charge on any atom is 0.138 e. The van der Waals surface area contributed by atoms with Crippen LogP contribution >= 0.6 is 0 Å². The van der Waals surface area contributed by atoms with Gasteiger partial charge in [-0.3, -0.25) is 0 Å². The number of hydrogen-bond acceptors (Lipinski definition) is 4. The molecule has 0 amide bonds. The van der Waals surface area contributed by atoms with Crippen LogP contribution in [0.1, 0.15) is 5.76 Å². The minimum Gasteiger partial charge on any atom is -0.496 e. The normalized spacial score (nSPS) is 10.4. The SMILES string of the molecule is COc1ccc(N)cc1-c1ccc(CO)o1. The lowest BCUT2D eigenvalue weighted by Crippen LogP contribution is -1.90. The Morgan fingerprint density at radius 1 is 1.31 bits per heavy atom. The van der Waals surface area contributed by atoms with E-state index < -0.39 is 0 Å². The molecule has 16 heavy (non-hydrogen) atoms. The van der Waals surface area contributed by atoms with E-state index in [1.165, 1.54) is 0 Å². The van der Waals surface area contributed by atoms with Gasteiger partial charge in [-0.05, 0) is 30.3 Å². The van der Waals surface area contributed by atoms with E-state index in [-0.39, 0.29) is 6.61 Å². The van der Waals surface area contributed by atoms with Crippen LogP contribution in [0.2, 0.25) is 0 Å². The summed E-state index contributed by atoms with van der Waals surface area (Å²) in [5, 5.41) is 8.93. The van der Waals surface area contributed by atoms with Crippen molar-refractivity contribution < 1.29 is 14.3 Å². The minimum atomic E-state index is -0.120. The molecule has 0 aliphatic heterocycles. The third-order valence-corrected chi connectivity index (χ3v) is 2.31. The molecule has 0 unspecified atom stereocenters. The number of hydrogen-bond donors (Lipinski definition) is 2. The molecule has 4 nitrogen and oxygen atoms in total. The van der Waals surface area contributed by atoms with Gasteiger partial charge in [-0.2, -0.15) is 0 Å². The summed E-state index contributed by atoms with van der Waals surface area (Å²) in [6.45, 7) is -0.120. The summed E-state index contributed by atoms with van der Waals surface area (Å²) in [7, 11) is 1.59. The Balaban J connectivity index is 2.49. The molecule has 1 heterocycles. The largest absolute Gasteiger partial charge is 0.496 e. The second-order valence-corrected chi connectivity index (χ2v) is 3.38. The molecule has 2 aromatic rings. The molecule has 0 radical (unpaired) electrons. The number of nitrogen functional groups attached to an aromatic ring is 1. The molecule has 0 spiro atoms. The quantitative estimate of drug-likeness (QED) is 0.775. The van der Waals surface area contributed by atoms with Crippen molar-refractivity contribution in [2.24, 2.45) is 0 Å². The highest BCUT2D eigenvalue weighted by Crippen LogP contribution is 2.32. The molecule has 1 aromatic heterocycles. The van der Waals surface area contributed by atoms with Crippen LogP contribution in [-0.4, -0.2) is 12.2 Å².